The molecular weight excluding hydrogens is 382 g/mol. The highest BCUT2D eigenvalue weighted by molar-refractivity contribution is 7.92. The second-order valence-electron chi connectivity index (χ2n) is 6.21. The second-order valence-corrected chi connectivity index (χ2v) is 8.20. The summed E-state index contributed by atoms with van der Waals surface area (Å²) in [5.41, 5.74) is 2.71. The Morgan fingerprint density at radius 1 is 1.11 bits per heavy atom. The zero-order valence-corrected chi connectivity index (χ0v) is 16.4. The Kier molecular flexibility index (Phi) is 5.46. The lowest BCUT2D eigenvalue weighted by molar-refractivity contribution is -0.114. The van der Waals surface area contributed by atoms with Crippen LogP contribution in [0.25, 0.3) is 11.5 Å². The molecule has 0 saturated heterocycles. The number of ether oxygens (including phenoxy) is 1. The van der Waals surface area contributed by atoms with Crippen LogP contribution in [0.5, 0.6) is 5.75 Å². The van der Waals surface area contributed by atoms with Gasteiger partial charge in [-0.25, -0.2) is 8.42 Å². The second kappa shape index (κ2) is 7.81. The van der Waals surface area contributed by atoms with Crippen molar-refractivity contribution < 1.29 is 22.4 Å². The van der Waals surface area contributed by atoms with E-state index in [4.69, 9.17) is 9.15 Å². The molecule has 1 aromatic heterocycles. The van der Waals surface area contributed by atoms with Gasteiger partial charge in [-0.05, 0) is 49.7 Å². The van der Waals surface area contributed by atoms with Crippen LogP contribution in [-0.2, 0) is 14.6 Å². The number of rotatable bonds is 6. The molecule has 0 aliphatic rings. The largest absolute Gasteiger partial charge is 0.497 e. The third kappa shape index (κ3) is 4.37. The van der Waals surface area contributed by atoms with Crippen molar-refractivity contribution in [2.24, 2.45) is 0 Å². The minimum Gasteiger partial charge on any atom is -0.497 e. The normalized spacial score (nSPS) is 11.2. The summed E-state index contributed by atoms with van der Waals surface area (Å²) >= 11 is 0. The topological polar surface area (TPSA) is 111 Å². The Morgan fingerprint density at radius 2 is 1.82 bits per heavy atom. The molecule has 28 heavy (non-hydrogen) atoms. The number of methoxy groups -OCH3 is 1. The van der Waals surface area contributed by atoms with E-state index in [0.717, 1.165) is 16.7 Å². The van der Waals surface area contributed by atoms with Crippen molar-refractivity contribution in [3.8, 4) is 17.2 Å². The maximum Gasteiger partial charge on any atom is 0.322 e. The van der Waals surface area contributed by atoms with E-state index in [1.54, 1.807) is 0 Å². The molecule has 3 rings (SSSR count). The van der Waals surface area contributed by atoms with Gasteiger partial charge in [0.2, 0.25) is 11.8 Å². The number of benzene rings is 2. The summed E-state index contributed by atoms with van der Waals surface area (Å²) in [5, 5.41) is 10.0. The fraction of sp³-hybridized carbons (Fsp3) is 0.211. The molecule has 9 heteroatoms. The van der Waals surface area contributed by atoms with Gasteiger partial charge in [-0.3, -0.25) is 10.1 Å². The number of aryl methyl sites for hydroxylation is 2. The van der Waals surface area contributed by atoms with Crippen LogP contribution >= 0.6 is 0 Å². The molecule has 146 valence electrons. The van der Waals surface area contributed by atoms with Gasteiger partial charge in [0.25, 0.3) is 0 Å². The summed E-state index contributed by atoms with van der Waals surface area (Å²) in [7, 11) is -2.34. The molecule has 0 bridgehead atoms. The van der Waals surface area contributed by atoms with E-state index in [-0.39, 0.29) is 16.8 Å². The first-order valence-electron chi connectivity index (χ1n) is 8.36. The quantitative estimate of drug-likeness (QED) is 0.676. The number of nitrogens with one attached hydrogen (secondary N) is 1. The van der Waals surface area contributed by atoms with Gasteiger partial charge < -0.3 is 9.15 Å². The van der Waals surface area contributed by atoms with Crippen molar-refractivity contribution in [1.82, 2.24) is 10.2 Å². The molecule has 0 unspecified atom stereocenters. The number of nitrogens with zero attached hydrogens (tertiary/aromatic N) is 2. The predicted octanol–water partition coefficient (Wildman–Crippen LogP) is 2.77. The Hall–Kier alpha value is -3.20. The highest BCUT2D eigenvalue weighted by Crippen LogP contribution is 2.24. The maximum atomic E-state index is 12.4. The number of hydrogen-bond acceptors (Lipinski definition) is 7. The van der Waals surface area contributed by atoms with Crippen LogP contribution in [0.4, 0.5) is 6.01 Å². The SMILES string of the molecule is COc1ccc(S(=O)(=O)CC(=O)Nc2nnc(-c3cc(C)ccc3C)o2)cc1. The molecule has 0 radical (unpaired) electrons. The molecule has 0 atom stereocenters. The number of carbonyl (C=O) groups excluding carboxylic acids is 1. The molecule has 1 heterocycles. The van der Waals surface area contributed by atoms with E-state index in [1.165, 1.54) is 31.4 Å². The van der Waals surface area contributed by atoms with Crippen molar-refractivity contribution in [3.05, 3.63) is 53.6 Å². The van der Waals surface area contributed by atoms with E-state index >= 15 is 0 Å². The molecule has 1 N–H and O–H groups in total. The minimum absolute atomic E-state index is 0.0186. The van der Waals surface area contributed by atoms with E-state index in [9.17, 15) is 13.2 Å². The highest BCUT2D eigenvalue weighted by Gasteiger charge is 2.21. The third-order valence-electron chi connectivity index (χ3n) is 4.03. The summed E-state index contributed by atoms with van der Waals surface area (Å²) in [6.45, 7) is 3.84. The van der Waals surface area contributed by atoms with Gasteiger partial charge in [-0.15, -0.1) is 5.10 Å². The lowest BCUT2D eigenvalue weighted by Crippen LogP contribution is -2.23. The van der Waals surface area contributed by atoms with E-state index in [0.29, 0.717) is 5.75 Å². The average Bonchev–Trinajstić information content (AvgIpc) is 3.11. The lowest BCUT2D eigenvalue weighted by Gasteiger charge is -2.05. The average molecular weight is 401 g/mol. The fourth-order valence-electron chi connectivity index (χ4n) is 2.54. The molecule has 0 aliphatic heterocycles. The monoisotopic (exact) mass is 401 g/mol. The van der Waals surface area contributed by atoms with Crippen LogP contribution in [0.3, 0.4) is 0 Å². The molecule has 0 aliphatic carbocycles. The molecule has 8 nitrogen and oxygen atoms in total. The minimum atomic E-state index is -3.82. The number of anilines is 1. The van der Waals surface area contributed by atoms with Crippen LogP contribution in [-0.4, -0.2) is 37.4 Å². The van der Waals surface area contributed by atoms with E-state index in [2.05, 4.69) is 15.5 Å². The molecule has 0 spiro atoms. The first-order valence-corrected chi connectivity index (χ1v) is 10.0. The number of carbonyl (C=O) groups is 1. The number of sulfone groups is 1. The highest BCUT2D eigenvalue weighted by atomic mass is 32.2. The van der Waals surface area contributed by atoms with Gasteiger partial charge in [-0.1, -0.05) is 22.8 Å². The predicted molar refractivity (Wildman–Crippen MR) is 103 cm³/mol. The number of hydrogen-bond donors (Lipinski definition) is 1. The van der Waals surface area contributed by atoms with E-state index in [1.807, 2.05) is 32.0 Å². The van der Waals surface area contributed by atoms with Gasteiger partial charge in [0.05, 0.1) is 12.0 Å². The van der Waals surface area contributed by atoms with Crippen LogP contribution in [0.15, 0.2) is 51.8 Å². The van der Waals surface area contributed by atoms with Crippen molar-refractivity contribution in [2.75, 3.05) is 18.2 Å². The summed E-state index contributed by atoms with van der Waals surface area (Å²) in [6.07, 6.45) is 0. The van der Waals surface area contributed by atoms with Crippen LogP contribution in [0.2, 0.25) is 0 Å². The third-order valence-corrected chi connectivity index (χ3v) is 5.67. The lowest BCUT2D eigenvalue weighted by atomic mass is 10.1. The van der Waals surface area contributed by atoms with Crippen LogP contribution < -0.4 is 10.1 Å². The number of aromatic nitrogens is 2. The summed E-state index contributed by atoms with van der Waals surface area (Å²) < 4.78 is 35.2. The molecule has 2 aromatic carbocycles. The molecule has 0 fully saturated rings. The summed E-state index contributed by atoms with van der Waals surface area (Å²) in [6, 6.07) is 11.4. The van der Waals surface area contributed by atoms with Crippen LogP contribution in [0.1, 0.15) is 11.1 Å². The van der Waals surface area contributed by atoms with Gasteiger partial charge in [-0.2, -0.15) is 0 Å². The first kappa shape index (κ1) is 19.6. The Morgan fingerprint density at radius 3 is 2.50 bits per heavy atom. The fourth-order valence-corrected chi connectivity index (χ4v) is 3.68. The Labute approximate surface area is 162 Å². The maximum absolute atomic E-state index is 12.4. The van der Waals surface area contributed by atoms with Crippen molar-refractivity contribution in [3.63, 3.8) is 0 Å². The van der Waals surface area contributed by atoms with Gasteiger partial charge in [0.15, 0.2) is 9.84 Å². The van der Waals surface area contributed by atoms with Gasteiger partial charge in [0, 0.05) is 5.56 Å². The molecule has 3 aromatic rings. The first-order chi connectivity index (χ1) is 13.3. The Bertz CT molecular complexity index is 1100. The van der Waals surface area contributed by atoms with E-state index < -0.39 is 21.5 Å². The summed E-state index contributed by atoms with van der Waals surface area (Å²) in [4.78, 5) is 12.2. The van der Waals surface area contributed by atoms with Crippen LogP contribution in [0, 0.1) is 13.8 Å². The Balaban J connectivity index is 1.71. The van der Waals surface area contributed by atoms with Crippen molar-refractivity contribution in [1.29, 1.82) is 0 Å². The zero-order valence-electron chi connectivity index (χ0n) is 15.6. The molecule has 1 amide bonds. The smallest absolute Gasteiger partial charge is 0.322 e. The number of amides is 1. The van der Waals surface area contributed by atoms with Crippen molar-refractivity contribution in [2.45, 2.75) is 18.7 Å². The van der Waals surface area contributed by atoms with Crippen molar-refractivity contribution >= 4 is 21.8 Å². The molecular formula is C19H19N3O5S. The standard InChI is InChI=1S/C19H19N3O5S/c1-12-4-5-13(2)16(10-12)18-21-22-19(27-18)20-17(23)11-28(24,25)15-8-6-14(26-3)7-9-15/h4-10H,11H2,1-3H3,(H,20,22,23). The zero-order chi connectivity index (χ0) is 20.3. The van der Waals surface area contributed by atoms with Gasteiger partial charge >= 0.3 is 6.01 Å². The summed E-state index contributed by atoms with van der Waals surface area (Å²) in [5.74, 6) is -0.754. The van der Waals surface area contributed by atoms with Gasteiger partial charge in [0.1, 0.15) is 11.5 Å². The molecule has 0 saturated carbocycles.